The maximum Gasteiger partial charge on any atom is 0.339 e. The molecule has 9 nitrogen and oxygen atoms in total. The van der Waals surface area contributed by atoms with E-state index in [1.54, 1.807) is 0 Å². The zero-order chi connectivity index (χ0) is 24.0. The first-order valence-electron chi connectivity index (χ1n) is 9.86. The fourth-order valence-electron chi connectivity index (χ4n) is 3.07. The Balaban J connectivity index is 1.87. The quantitative estimate of drug-likeness (QED) is 0.551. The topological polar surface area (TPSA) is 113 Å². The van der Waals surface area contributed by atoms with E-state index >= 15 is 0 Å². The van der Waals surface area contributed by atoms with E-state index in [-0.39, 0.29) is 29.0 Å². The number of benzene rings is 2. The van der Waals surface area contributed by atoms with E-state index in [2.05, 4.69) is 10.1 Å². The van der Waals surface area contributed by atoms with Crippen LogP contribution in [-0.4, -0.2) is 36.8 Å². The van der Waals surface area contributed by atoms with Gasteiger partial charge in [0.25, 0.3) is 11.5 Å². The van der Waals surface area contributed by atoms with Crippen LogP contribution in [0.15, 0.2) is 65.6 Å². The molecule has 33 heavy (non-hydrogen) atoms. The summed E-state index contributed by atoms with van der Waals surface area (Å²) in [5, 5.41) is 2.49. The summed E-state index contributed by atoms with van der Waals surface area (Å²) in [5.74, 6) is -2.18. The standard InChI is InChI=1S/C24H22N2O7/c1-15-6-4-7-16(12-15)14-33-26-11-5-8-19(22(26)28)21(27)25-20-13-17(23(29)31-2)9-10-18(20)24(30)32-3/h4-13H,14H2,1-3H3,(H,25,27). The molecule has 1 heterocycles. The highest BCUT2D eigenvalue weighted by molar-refractivity contribution is 6.08. The molecule has 0 fully saturated rings. The summed E-state index contributed by atoms with van der Waals surface area (Å²) >= 11 is 0. The number of aryl methyl sites for hydroxylation is 1. The number of carbonyl (C=O) groups is 3. The van der Waals surface area contributed by atoms with Gasteiger partial charge < -0.3 is 19.6 Å². The first-order chi connectivity index (χ1) is 15.8. The summed E-state index contributed by atoms with van der Waals surface area (Å²) < 4.78 is 10.4. The minimum atomic E-state index is -0.791. The Labute approximate surface area is 189 Å². The van der Waals surface area contributed by atoms with Gasteiger partial charge in [0.05, 0.1) is 31.0 Å². The third-order valence-electron chi connectivity index (χ3n) is 4.71. The zero-order valence-electron chi connectivity index (χ0n) is 18.3. The molecule has 170 valence electrons. The molecule has 3 rings (SSSR count). The third kappa shape index (κ3) is 5.45. The predicted octanol–water partition coefficient (Wildman–Crippen LogP) is 2.61. The van der Waals surface area contributed by atoms with Gasteiger partial charge in [0, 0.05) is 6.20 Å². The van der Waals surface area contributed by atoms with Gasteiger partial charge >= 0.3 is 11.9 Å². The van der Waals surface area contributed by atoms with Gasteiger partial charge in [0.1, 0.15) is 12.2 Å². The fraction of sp³-hybridized carbons (Fsp3) is 0.167. The second-order valence-corrected chi connectivity index (χ2v) is 7.01. The Bertz CT molecular complexity index is 1260. The Morgan fingerprint density at radius 1 is 0.909 bits per heavy atom. The number of anilines is 1. The molecule has 0 radical (unpaired) electrons. The van der Waals surface area contributed by atoms with Crippen LogP contribution in [0.3, 0.4) is 0 Å². The summed E-state index contributed by atoms with van der Waals surface area (Å²) in [6, 6.07) is 14.4. The maximum absolute atomic E-state index is 12.9. The molecule has 0 aliphatic rings. The molecule has 1 amide bonds. The first-order valence-corrected chi connectivity index (χ1v) is 9.86. The number of pyridine rings is 1. The van der Waals surface area contributed by atoms with Crippen LogP contribution >= 0.6 is 0 Å². The Hall–Kier alpha value is -4.40. The molecule has 0 saturated carbocycles. The van der Waals surface area contributed by atoms with E-state index in [1.165, 1.54) is 50.7 Å². The monoisotopic (exact) mass is 450 g/mol. The summed E-state index contributed by atoms with van der Waals surface area (Å²) in [5.41, 5.74) is 1.10. The van der Waals surface area contributed by atoms with Crippen LogP contribution in [0.25, 0.3) is 0 Å². The molecule has 0 saturated heterocycles. The molecular weight excluding hydrogens is 428 g/mol. The van der Waals surface area contributed by atoms with Crippen molar-refractivity contribution in [3.8, 4) is 0 Å². The van der Waals surface area contributed by atoms with Crippen molar-refractivity contribution in [3.63, 3.8) is 0 Å². The van der Waals surface area contributed by atoms with E-state index < -0.39 is 23.4 Å². The van der Waals surface area contributed by atoms with Gasteiger partial charge in [-0.1, -0.05) is 29.8 Å². The zero-order valence-corrected chi connectivity index (χ0v) is 18.3. The number of rotatable bonds is 7. The maximum atomic E-state index is 12.9. The number of carbonyl (C=O) groups excluding carboxylic acids is 3. The Kier molecular flexibility index (Phi) is 7.24. The van der Waals surface area contributed by atoms with Gasteiger partial charge in [-0.2, -0.15) is 4.73 Å². The number of hydrogen-bond acceptors (Lipinski definition) is 7. The largest absolute Gasteiger partial charge is 0.465 e. The number of nitrogens with zero attached hydrogens (tertiary/aromatic N) is 1. The Morgan fingerprint density at radius 3 is 2.36 bits per heavy atom. The van der Waals surface area contributed by atoms with Crippen LogP contribution < -0.4 is 15.7 Å². The molecule has 0 atom stereocenters. The predicted molar refractivity (Wildman–Crippen MR) is 119 cm³/mol. The minimum Gasteiger partial charge on any atom is -0.465 e. The molecule has 3 aromatic rings. The van der Waals surface area contributed by atoms with Crippen LogP contribution in [0.1, 0.15) is 42.2 Å². The van der Waals surface area contributed by atoms with Crippen LogP contribution in [0.2, 0.25) is 0 Å². The highest BCUT2D eigenvalue weighted by Gasteiger charge is 2.20. The molecular formula is C24H22N2O7. The second-order valence-electron chi connectivity index (χ2n) is 7.01. The molecule has 0 aliphatic heterocycles. The van der Waals surface area contributed by atoms with E-state index in [1.807, 2.05) is 31.2 Å². The highest BCUT2D eigenvalue weighted by Crippen LogP contribution is 2.20. The van der Waals surface area contributed by atoms with Crippen molar-refractivity contribution < 1.29 is 28.7 Å². The molecule has 0 spiro atoms. The SMILES string of the molecule is COC(=O)c1ccc(C(=O)OC)c(NC(=O)c2cccn(OCc3cccc(C)c3)c2=O)c1. The van der Waals surface area contributed by atoms with Crippen molar-refractivity contribution in [3.05, 3.63) is 99.0 Å². The van der Waals surface area contributed by atoms with Crippen LogP contribution in [0.4, 0.5) is 5.69 Å². The fourth-order valence-corrected chi connectivity index (χ4v) is 3.07. The van der Waals surface area contributed by atoms with Crippen LogP contribution in [0, 0.1) is 6.92 Å². The second kappa shape index (κ2) is 10.3. The lowest BCUT2D eigenvalue weighted by Crippen LogP contribution is -2.32. The summed E-state index contributed by atoms with van der Waals surface area (Å²) in [4.78, 5) is 55.2. The molecule has 9 heteroatoms. The summed E-state index contributed by atoms with van der Waals surface area (Å²) in [6.45, 7) is 2.07. The van der Waals surface area contributed by atoms with Gasteiger partial charge in [-0.15, -0.1) is 0 Å². The number of hydrogen-bond donors (Lipinski definition) is 1. The molecule has 2 aromatic carbocycles. The average molecular weight is 450 g/mol. The molecule has 0 unspecified atom stereocenters. The average Bonchev–Trinajstić information content (AvgIpc) is 2.82. The van der Waals surface area contributed by atoms with Crippen molar-refractivity contribution in [2.45, 2.75) is 13.5 Å². The van der Waals surface area contributed by atoms with E-state index in [0.717, 1.165) is 15.9 Å². The molecule has 1 aromatic heterocycles. The van der Waals surface area contributed by atoms with Crippen molar-refractivity contribution in [1.29, 1.82) is 0 Å². The lowest BCUT2D eigenvalue weighted by molar-refractivity contribution is 0.0587. The van der Waals surface area contributed by atoms with Gasteiger partial charge in [0.2, 0.25) is 0 Å². The molecule has 0 aliphatic carbocycles. The van der Waals surface area contributed by atoms with Crippen molar-refractivity contribution in [1.82, 2.24) is 4.73 Å². The van der Waals surface area contributed by atoms with Crippen molar-refractivity contribution in [2.24, 2.45) is 0 Å². The van der Waals surface area contributed by atoms with Gasteiger partial charge in [0.15, 0.2) is 0 Å². The lowest BCUT2D eigenvalue weighted by Gasteiger charge is -2.13. The molecule has 0 bridgehead atoms. The number of methoxy groups -OCH3 is 2. The summed E-state index contributed by atoms with van der Waals surface area (Å²) in [6.07, 6.45) is 1.40. The third-order valence-corrected chi connectivity index (χ3v) is 4.71. The number of amides is 1. The van der Waals surface area contributed by atoms with Gasteiger partial charge in [-0.25, -0.2) is 9.59 Å². The van der Waals surface area contributed by atoms with Crippen LogP contribution in [-0.2, 0) is 16.1 Å². The lowest BCUT2D eigenvalue weighted by atomic mass is 10.1. The van der Waals surface area contributed by atoms with E-state index in [4.69, 9.17) is 9.57 Å². The van der Waals surface area contributed by atoms with Gasteiger partial charge in [-0.05, 0) is 42.8 Å². The highest BCUT2D eigenvalue weighted by atomic mass is 16.7. The first kappa shape index (κ1) is 23.3. The van der Waals surface area contributed by atoms with E-state index in [9.17, 15) is 19.2 Å². The van der Waals surface area contributed by atoms with E-state index in [0.29, 0.717) is 0 Å². The normalized spacial score (nSPS) is 10.3. The summed E-state index contributed by atoms with van der Waals surface area (Å²) in [7, 11) is 2.39. The van der Waals surface area contributed by atoms with Gasteiger partial charge in [-0.3, -0.25) is 9.59 Å². The van der Waals surface area contributed by atoms with Crippen LogP contribution in [0.5, 0.6) is 0 Å². The number of aromatic nitrogens is 1. The number of esters is 2. The molecule has 1 N–H and O–H groups in total. The Morgan fingerprint density at radius 2 is 1.67 bits per heavy atom. The minimum absolute atomic E-state index is 0.00505. The number of nitrogens with one attached hydrogen (secondary N) is 1. The van der Waals surface area contributed by atoms with Crippen molar-refractivity contribution >= 4 is 23.5 Å². The smallest absolute Gasteiger partial charge is 0.339 e. The van der Waals surface area contributed by atoms with Crippen molar-refractivity contribution in [2.75, 3.05) is 19.5 Å². The number of ether oxygens (including phenoxy) is 2.